The van der Waals surface area contributed by atoms with E-state index in [1.54, 1.807) is 11.4 Å². The lowest BCUT2D eigenvalue weighted by Crippen LogP contribution is -1.87. The average Bonchev–Trinajstić information content (AvgIpc) is 2.66. The van der Waals surface area contributed by atoms with Crippen LogP contribution in [0.5, 0.6) is 5.75 Å². The molecule has 0 radical (unpaired) electrons. The highest BCUT2D eigenvalue weighted by Crippen LogP contribution is 2.33. The van der Waals surface area contributed by atoms with E-state index in [1.165, 1.54) is 17.4 Å². The summed E-state index contributed by atoms with van der Waals surface area (Å²) in [7, 11) is 0. The van der Waals surface area contributed by atoms with Gasteiger partial charge < -0.3 is 5.11 Å². The molecule has 3 nitrogen and oxygen atoms in total. The topological polar surface area (TPSA) is 61.1 Å². The van der Waals surface area contributed by atoms with Gasteiger partial charge in [-0.15, -0.1) is 11.3 Å². The maximum atomic E-state index is 10.6. The number of aldehydes is 1. The molecule has 0 aliphatic heterocycles. The molecule has 0 amide bonds. The maximum absolute atomic E-state index is 10.6. The van der Waals surface area contributed by atoms with Crippen LogP contribution in [0.4, 0.5) is 0 Å². The molecule has 0 saturated carbocycles. The Bertz CT molecular complexity index is 551. The number of benzene rings is 1. The van der Waals surface area contributed by atoms with Crippen LogP contribution in [0.2, 0.25) is 0 Å². The summed E-state index contributed by atoms with van der Waals surface area (Å²) >= 11 is 1.34. The minimum absolute atomic E-state index is 0.0438. The second-order valence-electron chi connectivity index (χ2n) is 2.75. The molecule has 0 bridgehead atoms. The number of hydrogen-bond donors (Lipinski definition) is 1. The van der Waals surface area contributed by atoms with Crippen molar-refractivity contribution in [3.63, 3.8) is 0 Å². The van der Waals surface area contributed by atoms with Crippen LogP contribution in [0.1, 0.15) is 15.9 Å². The zero-order valence-electron chi connectivity index (χ0n) is 7.02. The minimum atomic E-state index is 0.0438. The number of carbonyl (C=O) groups excluding carboxylic acids is 1. The number of phenolic OH excluding ortho intramolecular Hbond substituents is 1. The lowest BCUT2D eigenvalue weighted by molar-refractivity contribution is 0.112. The lowest BCUT2D eigenvalue weighted by Gasteiger charge is -1.99. The summed E-state index contributed by atoms with van der Waals surface area (Å²) in [6, 6.07) is 5.02. The van der Waals surface area contributed by atoms with Gasteiger partial charge in [-0.1, -0.05) is 0 Å². The summed E-state index contributed by atoms with van der Waals surface area (Å²) in [6.07, 6.45) is 0.581. The smallest absolute Gasteiger partial charge is 0.151 e. The molecule has 0 unspecified atom stereocenters. The number of nitrogens with zero attached hydrogens (tertiary/aromatic N) is 1. The number of aromatic hydroxyl groups is 1. The largest absolute Gasteiger partial charge is 0.507 e. The molecule has 1 N–H and O–H groups in total. The second-order valence-corrected chi connectivity index (χ2v) is 3.67. The normalized spacial score (nSPS) is 9.93. The van der Waals surface area contributed by atoms with Crippen LogP contribution in [-0.4, -0.2) is 11.4 Å². The van der Waals surface area contributed by atoms with Crippen molar-refractivity contribution in [2.24, 2.45) is 0 Å². The number of thiophene rings is 1. The van der Waals surface area contributed by atoms with Crippen LogP contribution < -0.4 is 0 Å². The molecule has 14 heavy (non-hydrogen) atoms. The van der Waals surface area contributed by atoms with Gasteiger partial charge in [-0.05, 0) is 17.5 Å². The Morgan fingerprint density at radius 3 is 3.00 bits per heavy atom. The highest BCUT2D eigenvalue weighted by Gasteiger charge is 2.11. The highest BCUT2D eigenvalue weighted by molar-refractivity contribution is 7.17. The molecular formula is C10H5NO2S. The maximum Gasteiger partial charge on any atom is 0.151 e. The van der Waals surface area contributed by atoms with Gasteiger partial charge in [0.15, 0.2) is 6.29 Å². The van der Waals surface area contributed by atoms with Gasteiger partial charge in [0.2, 0.25) is 0 Å². The zero-order valence-corrected chi connectivity index (χ0v) is 7.84. The van der Waals surface area contributed by atoms with Gasteiger partial charge in [0.1, 0.15) is 11.8 Å². The number of carbonyl (C=O) groups is 1. The van der Waals surface area contributed by atoms with Gasteiger partial charge >= 0.3 is 0 Å². The van der Waals surface area contributed by atoms with Gasteiger partial charge in [-0.3, -0.25) is 4.79 Å². The van der Waals surface area contributed by atoms with Gasteiger partial charge in [0.25, 0.3) is 0 Å². The monoisotopic (exact) mass is 203 g/mol. The predicted octanol–water partition coefficient (Wildman–Crippen LogP) is 2.29. The molecule has 4 heteroatoms. The van der Waals surface area contributed by atoms with Gasteiger partial charge in [0.05, 0.1) is 10.3 Å². The van der Waals surface area contributed by atoms with E-state index in [-0.39, 0.29) is 11.3 Å². The SMILES string of the molecule is N#Cc1c(C=O)cc(O)c2ccsc12. The van der Waals surface area contributed by atoms with Crippen LogP contribution in [0.15, 0.2) is 17.5 Å². The van der Waals surface area contributed by atoms with Crippen molar-refractivity contribution in [1.82, 2.24) is 0 Å². The number of fused-ring (bicyclic) bond motifs is 1. The van der Waals surface area contributed by atoms with E-state index >= 15 is 0 Å². The average molecular weight is 203 g/mol. The van der Waals surface area contributed by atoms with Crippen molar-refractivity contribution >= 4 is 27.7 Å². The molecule has 1 aromatic carbocycles. The first kappa shape index (κ1) is 8.73. The van der Waals surface area contributed by atoms with E-state index < -0.39 is 0 Å². The van der Waals surface area contributed by atoms with Gasteiger partial charge in [-0.2, -0.15) is 5.26 Å². The molecule has 0 fully saturated rings. The number of hydrogen-bond acceptors (Lipinski definition) is 4. The predicted molar refractivity (Wildman–Crippen MR) is 53.6 cm³/mol. The fourth-order valence-electron chi connectivity index (χ4n) is 1.34. The van der Waals surface area contributed by atoms with Crippen molar-refractivity contribution in [2.75, 3.05) is 0 Å². The van der Waals surface area contributed by atoms with E-state index in [0.717, 1.165) is 0 Å². The van der Waals surface area contributed by atoms with Gasteiger partial charge in [-0.25, -0.2) is 0 Å². The lowest BCUT2D eigenvalue weighted by atomic mass is 10.1. The summed E-state index contributed by atoms with van der Waals surface area (Å²) in [6.45, 7) is 0. The summed E-state index contributed by atoms with van der Waals surface area (Å²) in [5, 5.41) is 20.8. The van der Waals surface area contributed by atoms with Crippen LogP contribution in [0.25, 0.3) is 10.1 Å². The summed E-state index contributed by atoms with van der Waals surface area (Å²) in [5.41, 5.74) is 0.572. The van der Waals surface area contributed by atoms with Crippen LogP contribution in [-0.2, 0) is 0 Å². The third-order valence-electron chi connectivity index (χ3n) is 1.99. The first-order valence-electron chi connectivity index (χ1n) is 3.86. The third-order valence-corrected chi connectivity index (χ3v) is 2.92. The Balaban J connectivity index is 2.97. The molecule has 1 aromatic heterocycles. The number of rotatable bonds is 1. The molecule has 2 rings (SSSR count). The van der Waals surface area contributed by atoms with Crippen LogP contribution in [0, 0.1) is 11.3 Å². The summed E-state index contributed by atoms with van der Waals surface area (Å²) in [4.78, 5) is 10.6. The molecule has 0 atom stereocenters. The fourth-order valence-corrected chi connectivity index (χ4v) is 2.26. The zero-order chi connectivity index (χ0) is 10.1. The van der Waals surface area contributed by atoms with Crippen molar-refractivity contribution in [1.29, 1.82) is 5.26 Å². The van der Waals surface area contributed by atoms with E-state index in [1.807, 2.05) is 6.07 Å². The first-order valence-corrected chi connectivity index (χ1v) is 4.74. The second kappa shape index (κ2) is 3.13. The Morgan fingerprint density at radius 1 is 1.57 bits per heavy atom. The molecule has 0 aliphatic carbocycles. The molecule has 0 saturated heterocycles. The first-order chi connectivity index (χ1) is 6.77. The van der Waals surface area contributed by atoms with Crippen molar-refractivity contribution in [3.8, 4) is 11.8 Å². The summed E-state index contributed by atoms with van der Waals surface area (Å²) < 4.78 is 0.662. The third kappa shape index (κ3) is 1.07. The molecule has 68 valence electrons. The van der Waals surface area contributed by atoms with Crippen molar-refractivity contribution < 1.29 is 9.90 Å². The van der Waals surface area contributed by atoms with Crippen LogP contribution in [0.3, 0.4) is 0 Å². The summed E-state index contributed by atoms with van der Waals surface area (Å²) in [5.74, 6) is 0.0438. The van der Waals surface area contributed by atoms with Gasteiger partial charge in [0, 0.05) is 10.9 Å². The quantitative estimate of drug-likeness (QED) is 0.723. The molecule has 1 heterocycles. The van der Waals surface area contributed by atoms with E-state index in [4.69, 9.17) is 5.26 Å². The Kier molecular flexibility index (Phi) is 1.95. The molecule has 0 spiro atoms. The number of phenols is 1. The minimum Gasteiger partial charge on any atom is -0.507 e. The molecule has 0 aliphatic rings. The van der Waals surface area contributed by atoms with E-state index in [2.05, 4.69) is 0 Å². The Morgan fingerprint density at radius 2 is 2.36 bits per heavy atom. The number of nitriles is 1. The standard InChI is InChI=1S/C10H5NO2S/c11-4-8-6(5-12)3-9(13)7-1-2-14-10(7)8/h1-3,5,13H. The van der Waals surface area contributed by atoms with Crippen molar-refractivity contribution in [3.05, 3.63) is 28.6 Å². The van der Waals surface area contributed by atoms with E-state index in [0.29, 0.717) is 21.9 Å². The van der Waals surface area contributed by atoms with Crippen LogP contribution >= 0.6 is 11.3 Å². The Labute approximate surface area is 83.8 Å². The van der Waals surface area contributed by atoms with E-state index in [9.17, 15) is 9.90 Å². The van der Waals surface area contributed by atoms with Crippen molar-refractivity contribution in [2.45, 2.75) is 0 Å². The molecular weight excluding hydrogens is 198 g/mol. The molecule has 2 aromatic rings. The fraction of sp³-hybridized carbons (Fsp3) is 0. The highest BCUT2D eigenvalue weighted by atomic mass is 32.1. The Hall–Kier alpha value is -1.86.